The summed E-state index contributed by atoms with van der Waals surface area (Å²) in [5, 5.41) is 12.8. The molecule has 138 valence electrons. The van der Waals surface area contributed by atoms with Crippen LogP contribution in [0.5, 0.6) is 5.75 Å². The van der Waals surface area contributed by atoms with Crippen LogP contribution in [0.25, 0.3) is 10.9 Å². The first-order valence-electron chi connectivity index (χ1n) is 8.14. The second kappa shape index (κ2) is 7.17. The van der Waals surface area contributed by atoms with E-state index in [4.69, 9.17) is 21.8 Å². The summed E-state index contributed by atoms with van der Waals surface area (Å²) in [6.45, 7) is 1.76. The first-order chi connectivity index (χ1) is 12.9. The molecule has 1 N–H and O–H groups in total. The Bertz CT molecular complexity index is 1190. The molecule has 0 aliphatic rings. The summed E-state index contributed by atoms with van der Waals surface area (Å²) in [4.78, 5) is 25.1. The third kappa shape index (κ3) is 3.27. The standard InChI is InChI=1S/C19H17ClN4O3/c1-11(22-16-7-5-13(10-21)23(2)19(16)26)15-8-12-4-6-14(27-3)9-17(12)24(20)18(15)25/h4-9,11,22H,1-3H3. The van der Waals surface area contributed by atoms with Crippen LogP contribution < -0.4 is 21.2 Å². The van der Waals surface area contributed by atoms with Crippen LogP contribution in [0.15, 0.2) is 46.0 Å². The molecule has 0 saturated carbocycles. The highest BCUT2D eigenvalue weighted by Crippen LogP contribution is 2.24. The van der Waals surface area contributed by atoms with Crippen molar-refractivity contribution in [2.45, 2.75) is 13.0 Å². The van der Waals surface area contributed by atoms with Crippen molar-refractivity contribution in [2.75, 3.05) is 12.4 Å². The number of rotatable bonds is 4. The average molecular weight is 385 g/mol. The molecule has 1 unspecified atom stereocenters. The molecule has 7 nitrogen and oxygen atoms in total. The number of pyridine rings is 2. The lowest BCUT2D eigenvalue weighted by Gasteiger charge is -2.17. The number of fused-ring (bicyclic) bond motifs is 1. The van der Waals surface area contributed by atoms with Crippen molar-refractivity contribution in [2.24, 2.45) is 7.05 Å². The zero-order valence-corrected chi connectivity index (χ0v) is 15.7. The predicted molar refractivity (Wildman–Crippen MR) is 104 cm³/mol. The van der Waals surface area contributed by atoms with Gasteiger partial charge in [0, 0.05) is 35.8 Å². The summed E-state index contributed by atoms with van der Waals surface area (Å²) in [6, 6.07) is 11.6. The maximum atomic E-state index is 12.7. The van der Waals surface area contributed by atoms with E-state index in [-0.39, 0.29) is 16.8 Å². The Hall–Kier alpha value is -3.24. The number of nitrogens with one attached hydrogen (secondary N) is 1. The molecule has 0 saturated heterocycles. The zero-order valence-electron chi connectivity index (χ0n) is 15.0. The van der Waals surface area contributed by atoms with Crippen molar-refractivity contribution in [3.63, 3.8) is 0 Å². The molecule has 0 aliphatic carbocycles. The summed E-state index contributed by atoms with van der Waals surface area (Å²) >= 11 is 6.22. The summed E-state index contributed by atoms with van der Waals surface area (Å²) in [5.41, 5.74) is 0.751. The van der Waals surface area contributed by atoms with Crippen molar-refractivity contribution >= 4 is 28.4 Å². The van der Waals surface area contributed by atoms with Gasteiger partial charge in [0.05, 0.1) is 18.7 Å². The third-order valence-corrected chi connectivity index (χ3v) is 4.78. The van der Waals surface area contributed by atoms with Crippen LogP contribution in [0.3, 0.4) is 0 Å². The van der Waals surface area contributed by atoms with Gasteiger partial charge in [-0.3, -0.25) is 9.59 Å². The Labute approximate surface area is 160 Å². The molecule has 0 bridgehead atoms. The van der Waals surface area contributed by atoms with E-state index in [9.17, 15) is 9.59 Å². The van der Waals surface area contributed by atoms with Crippen molar-refractivity contribution in [1.29, 1.82) is 5.26 Å². The minimum atomic E-state index is -0.477. The lowest BCUT2D eigenvalue weighted by atomic mass is 10.1. The maximum Gasteiger partial charge on any atom is 0.274 e. The number of benzene rings is 1. The maximum absolute atomic E-state index is 12.7. The molecule has 0 spiro atoms. The molecule has 0 fully saturated rings. The van der Waals surface area contributed by atoms with Crippen LogP contribution in [0.1, 0.15) is 24.2 Å². The number of nitriles is 1. The van der Waals surface area contributed by atoms with Gasteiger partial charge in [0.1, 0.15) is 23.2 Å². The van der Waals surface area contributed by atoms with E-state index in [2.05, 4.69) is 5.32 Å². The van der Waals surface area contributed by atoms with E-state index >= 15 is 0 Å². The van der Waals surface area contributed by atoms with Crippen LogP contribution in [0.2, 0.25) is 0 Å². The SMILES string of the molecule is COc1ccc2cc(C(C)Nc3ccc(C#N)n(C)c3=O)c(=O)n(Cl)c2c1. The Morgan fingerprint density at radius 3 is 2.59 bits per heavy atom. The molecule has 0 amide bonds. The smallest absolute Gasteiger partial charge is 0.274 e. The highest BCUT2D eigenvalue weighted by atomic mass is 35.5. The molecule has 3 rings (SSSR count). The van der Waals surface area contributed by atoms with E-state index in [0.29, 0.717) is 22.5 Å². The van der Waals surface area contributed by atoms with Crippen LogP contribution in [0, 0.1) is 11.3 Å². The summed E-state index contributed by atoms with van der Waals surface area (Å²) in [7, 11) is 3.06. The van der Waals surface area contributed by atoms with Crippen molar-refractivity contribution in [1.82, 2.24) is 8.65 Å². The van der Waals surface area contributed by atoms with E-state index in [1.54, 1.807) is 31.2 Å². The van der Waals surface area contributed by atoms with Crippen molar-refractivity contribution in [3.05, 3.63) is 68.4 Å². The van der Waals surface area contributed by atoms with Gasteiger partial charge in [0.2, 0.25) is 0 Å². The Morgan fingerprint density at radius 1 is 1.19 bits per heavy atom. The molecular weight excluding hydrogens is 368 g/mol. The average Bonchev–Trinajstić information content (AvgIpc) is 2.68. The monoisotopic (exact) mass is 384 g/mol. The van der Waals surface area contributed by atoms with Gasteiger partial charge in [-0.1, -0.05) is 0 Å². The molecule has 1 atom stereocenters. The first kappa shape index (κ1) is 18.5. The number of halogens is 1. The van der Waals surface area contributed by atoms with Gasteiger partial charge in [0.15, 0.2) is 0 Å². The largest absolute Gasteiger partial charge is 0.497 e. The van der Waals surface area contributed by atoms with E-state index in [1.807, 2.05) is 12.1 Å². The second-order valence-electron chi connectivity index (χ2n) is 6.08. The minimum absolute atomic E-state index is 0.251. The number of anilines is 1. The number of hydrogen-bond acceptors (Lipinski definition) is 5. The molecule has 0 aliphatic heterocycles. The highest BCUT2D eigenvalue weighted by molar-refractivity contribution is 6.18. The minimum Gasteiger partial charge on any atom is -0.497 e. The molecular formula is C19H17ClN4O3. The van der Waals surface area contributed by atoms with Gasteiger partial charge in [-0.05, 0) is 37.3 Å². The molecule has 27 heavy (non-hydrogen) atoms. The number of aromatic nitrogens is 2. The van der Waals surface area contributed by atoms with Gasteiger partial charge in [-0.2, -0.15) is 5.26 Å². The van der Waals surface area contributed by atoms with E-state index < -0.39 is 6.04 Å². The Morgan fingerprint density at radius 2 is 1.93 bits per heavy atom. The number of nitrogens with zero attached hydrogens (tertiary/aromatic N) is 3. The summed E-state index contributed by atoms with van der Waals surface area (Å²) < 4.78 is 7.47. The van der Waals surface area contributed by atoms with Crippen molar-refractivity contribution in [3.8, 4) is 11.8 Å². The molecule has 3 aromatic rings. The van der Waals surface area contributed by atoms with E-state index in [0.717, 1.165) is 9.47 Å². The molecule has 2 aromatic heterocycles. The lowest BCUT2D eigenvalue weighted by molar-refractivity contribution is 0.415. The van der Waals surface area contributed by atoms with Crippen LogP contribution in [-0.2, 0) is 7.05 Å². The zero-order chi connectivity index (χ0) is 19.7. The fourth-order valence-electron chi connectivity index (χ4n) is 2.87. The van der Waals surface area contributed by atoms with Crippen molar-refractivity contribution < 1.29 is 4.74 Å². The molecule has 0 radical (unpaired) electrons. The first-order valence-corrected chi connectivity index (χ1v) is 8.47. The van der Waals surface area contributed by atoms with Gasteiger partial charge in [0.25, 0.3) is 11.1 Å². The number of hydrogen-bond donors (Lipinski definition) is 1. The molecule has 1 aromatic carbocycles. The Balaban J connectivity index is 2.04. The second-order valence-corrected chi connectivity index (χ2v) is 6.42. The van der Waals surface area contributed by atoms with Crippen LogP contribution in [0.4, 0.5) is 5.69 Å². The van der Waals surface area contributed by atoms with Gasteiger partial charge in [-0.25, -0.2) is 4.09 Å². The number of ether oxygens (including phenoxy) is 1. The fraction of sp³-hybridized carbons (Fsp3) is 0.211. The van der Waals surface area contributed by atoms with Crippen LogP contribution >= 0.6 is 11.8 Å². The third-order valence-electron chi connectivity index (χ3n) is 4.44. The predicted octanol–water partition coefficient (Wildman–Crippen LogP) is 2.76. The quantitative estimate of drug-likeness (QED) is 0.747. The number of methoxy groups -OCH3 is 1. The lowest BCUT2D eigenvalue weighted by Crippen LogP contribution is -2.27. The van der Waals surface area contributed by atoms with Gasteiger partial charge in [-0.15, -0.1) is 0 Å². The summed E-state index contributed by atoms with van der Waals surface area (Å²) in [6.07, 6.45) is 0. The van der Waals surface area contributed by atoms with Gasteiger partial charge >= 0.3 is 0 Å². The van der Waals surface area contributed by atoms with E-state index in [1.165, 1.54) is 24.8 Å². The highest BCUT2D eigenvalue weighted by Gasteiger charge is 2.16. The molecule has 8 heteroatoms. The molecule has 2 heterocycles. The summed E-state index contributed by atoms with van der Waals surface area (Å²) in [5.74, 6) is 0.594. The fourth-order valence-corrected chi connectivity index (χ4v) is 3.12. The van der Waals surface area contributed by atoms with Crippen LogP contribution in [-0.4, -0.2) is 15.8 Å². The van der Waals surface area contributed by atoms with Gasteiger partial charge < -0.3 is 14.6 Å². The Kier molecular flexibility index (Phi) is 4.93. The normalized spacial score (nSPS) is 11.8. The topological polar surface area (TPSA) is 89.1 Å².